The smallest absolute Gasteiger partial charge is 0.224 e. The van der Waals surface area contributed by atoms with E-state index in [2.05, 4.69) is 45.2 Å². The van der Waals surface area contributed by atoms with Crippen LogP contribution < -0.4 is 5.32 Å². The van der Waals surface area contributed by atoms with Gasteiger partial charge < -0.3 is 9.88 Å². The molecule has 0 unspecified atom stereocenters. The van der Waals surface area contributed by atoms with Crippen molar-refractivity contribution in [2.75, 3.05) is 0 Å². The SMILES string of the molecule is CCc1nnc2n1C[C@H](NC(=O)Cc1ccc3c(c1)CCC3)CC2. The van der Waals surface area contributed by atoms with Crippen molar-refractivity contribution in [1.82, 2.24) is 20.1 Å². The van der Waals surface area contributed by atoms with Gasteiger partial charge in [-0.15, -0.1) is 10.2 Å². The van der Waals surface area contributed by atoms with Gasteiger partial charge in [0.05, 0.1) is 6.42 Å². The molecule has 126 valence electrons. The standard InChI is InChI=1S/C19H24N4O/c1-2-17-21-22-18-9-8-16(12-23(17)18)20-19(24)11-13-6-7-14-4-3-5-15(14)10-13/h6-7,10,16H,2-5,8-9,11-12H2,1H3,(H,20,24)/t16-/m1/s1. The van der Waals surface area contributed by atoms with Gasteiger partial charge in [0, 0.05) is 25.4 Å². The fraction of sp³-hybridized carbons (Fsp3) is 0.526. The maximum Gasteiger partial charge on any atom is 0.224 e. The van der Waals surface area contributed by atoms with Gasteiger partial charge in [-0.05, 0) is 42.4 Å². The van der Waals surface area contributed by atoms with Crippen LogP contribution in [0.4, 0.5) is 0 Å². The third-order valence-electron chi connectivity index (χ3n) is 5.23. The summed E-state index contributed by atoms with van der Waals surface area (Å²) in [5.74, 6) is 2.19. The summed E-state index contributed by atoms with van der Waals surface area (Å²) in [6, 6.07) is 6.71. The molecule has 1 amide bonds. The summed E-state index contributed by atoms with van der Waals surface area (Å²) in [5.41, 5.74) is 4.02. The molecule has 0 saturated heterocycles. The first kappa shape index (κ1) is 15.4. The Hall–Kier alpha value is -2.17. The third-order valence-corrected chi connectivity index (χ3v) is 5.23. The Labute approximate surface area is 142 Å². The number of carbonyl (C=O) groups is 1. The second-order valence-corrected chi connectivity index (χ2v) is 6.93. The quantitative estimate of drug-likeness (QED) is 0.936. The summed E-state index contributed by atoms with van der Waals surface area (Å²) in [6.45, 7) is 2.88. The summed E-state index contributed by atoms with van der Waals surface area (Å²) < 4.78 is 2.17. The normalized spacial score (nSPS) is 19.0. The van der Waals surface area contributed by atoms with E-state index in [1.807, 2.05) is 0 Å². The van der Waals surface area contributed by atoms with Gasteiger partial charge in [-0.25, -0.2) is 0 Å². The molecule has 2 aromatic rings. The lowest BCUT2D eigenvalue weighted by atomic mass is 10.0. The molecule has 1 aliphatic heterocycles. The van der Waals surface area contributed by atoms with E-state index in [1.165, 1.54) is 24.0 Å². The molecule has 1 aliphatic carbocycles. The summed E-state index contributed by atoms with van der Waals surface area (Å²) in [4.78, 5) is 12.4. The Bertz CT molecular complexity index is 751. The van der Waals surface area contributed by atoms with E-state index in [0.29, 0.717) is 6.42 Å². The van der Waals surface area contributed by atoms with E-state index in [1.54, 1.807) is 0 Å². The maximum absolute atomic E-state index is 12.4. The first-order valence-electron chi connectivity index (χ1n) is 9.04. The van der Waals surface area contributed by atoms with Crippen LogP contribution >= 0.6 is 0 Å². The summed E-state index contributed by atoms with van der Waals surface area (Å²) in [5, 5.41) is 11.7. The molecule has 1 N–H and O–H groups in total. The molecule has 1 aromatic carbocycles. The molecule has 24 heavy (non-hydrogen) atoms. The summed E-state index contributed by atoms with van der Waals surface area (Å²) in [7, 11) is 0. The molecule has 0 radical (unpaired) electrons. The fourth-order valence-corrected chi connectivity index (χ4v) is 3.96. The van der Waals surface area contributed by atoms with E-state index in [9.17, 15) is 4.79 Å². The highest BCUT2D eigenvalue weighted by molar-refractivity contribution is 5.79. The lowest BCUT2D eigenvalue weighted by molar-refractivity contribution is -0.121. The van der Waals surface area contributed by atoms with Gasteiger partial charge in [0.1, 0.15) is 11.6 Å². The van der Waals surface area contributed by atoms with E-state index in [4.69, 9.17) is 0 Å². The topological polar surface area (TPSA) is 59.8 Å². The van der Waals surface area contributed by atoms with Crippen molar-refractivity contribution in [2.45, 2.75) is 64.5 Å². The van der Waals surface area contributed by atoms with Gasteiger partial charge in [0.25, 0.3) is 0 Å². The predicted molar refractivity (Wildman–Crippen MR) is 91.8 cm³/mol. The number of hydrogen-bond acceptors (Lipinski definition) is 3. The molecule has 1 atom stereocenters. The van der Waals surface area contributed by atoms with Crippen molar-refractivity contribution in [1.29, 1.82) is 0 Å². The average Bonchev–Trinajstić information content (AvgIpc) is 3.20. The van der Waals surface area contributed by atoms with Crippen LogP contribution in [0.25, 0.3) is 0 Å². The fourth-order valence-electron chi connectivity index (χ4n) is 3.96. The number of amides is 1. The number of benzene rings is 1. The molecule has 0 fully saturated rings. The third kappa shape index (κ3) is 2.95. The van der Waals surface area contributed by atoms with Crippen LogP contribution in [0.5, 0.6) is 0 Å². The molecule has 1 aromatic heterocycles. The summed E-state index contributed by atoms with van der Waals surface area (Å²) in [6.07, 6.45) is 6.76. The number of nitrogens with one attached hydrogen (secondary N) is 1. The molecule has 0 bridgehead atoms. The minimum atomic E-state index is 0.118. The Morgan fingerprint density at radius 3 is 3.00 bits per heavy atom. The van der Waals surface area contributed by atoms with Crippen LogP contribution in [0.2, 0.25) is 0 Å². The molecular formula is C19H24N4O. The molecule has 2 aliphatic rings. The number of aromatic nitrogens is 3. The number of nitrogens with zero attached hydrogens (tertiary/aromatic N) is 3. The zero-order valence-electron chi connectivity index (χ0n) is 14.2. The Kier molecular flexibility index (Phi) is 4.08. The maximum atomic E-state index is 12.4. The number of rotatable bonds is 4. The van der Waals surface area contributed by atoms with Crippen LogP contribution in [0, 0.1) is 0 Å². The molecule has 5 heteroatoms. The minimum Gasteiger partial charge on any atom is -0.351 e. The minimum absolute atomic E-state index is 0.118. The first-order chi connectivity index (χ1) is 11.7. The highest BCUT2D eigenvalue weighted by Gasteiger charge is 2.23. The van der Waals surface area contributed by atoms with E-state index >= 15 is 0 Å². The van der Waals surface area contributed by atoms with E-state index in [-0.39, 0.29) is 11.9 Å². The van der Waals surface area contributed by atoms with Crippen LogP contribution in [0.1, 0.15) is 48.1 Å². The van der Waals surface area contributed by atoms with Crippen molar-refractivity contribution >= 4 is 5.91 Å². The van der Waals surface area contributed by atoms with Gasteiger partial charge >= 0.3 is 0 Å². The average molecular weight is 324 g/mol. The molecule has 0 saturated carbocycles. The van der Waals surface area contributed by atoms with Crippen LogP contribution in [0.3, 0.4) is 0 Å². The van der Waals surface area contributed by atoms with Crippen molar-refractivity contribution in [3.8, 4) is 0 Å². The van der Waals surface area contributed by atoms with E-state index < -0.39 is 0 Å². The summed E-state index contributed by atoms with van der Waals surface area (Å²) >= 11 is 0. The van der Waals surface area contributed by atoms with Crippen molar-refractivity contribution in [3.63, 3.8) is 0 Å². The molecule has 4 rings (SSSR count). The zero-order chi connectivity index (χ0) is 16.5. The molecule has 2 heterocycles. The predicted octanol–water partition coefficient (Wildman–Crippen LogP) is 2.00. The van der Waals surface area contributed by atoms with Gasteiger partial charge in [-0.3, -0.25) is 4.79 Å². The van der Waals surface area contributed by atoms with Crippen molar-refractivity contribution < 1.29 is 4.79 Å². The van der Waals surface area contributed by atoms with Gasteiger partial charge in [0.15, 0.2) is 0 Å². The van der Waals surface area contributed by atoms with Gasteiger partial charge in [-0.2, -0.15) is 0 Å². The second-order valence-electron chi connectivity index (χ2n) is 6.93. The zero-order valence-corrected chi connectivity index (χ0v) is 14.2. The second kappa shape index (κ2) is 6.38. The molecular weight excluding hydrogens is 300 g/mol. The highest BCUT2D eigenvalue weighted by Crippen LogP contribution is 2.23. The Morgan fingerprint density at radius 2 is 2.12 bits per heavy atom. The van der Waals surface area contributed by atoms with Gasteiger partial charge in [0.2, 0.25) is 5.91 Å². The monoisotopic (exact) mass is 324 g/mol. The van der Waals surface area contributed by atoms with Crippen molar-refractivity contribution in [3.05, 3.63) is 46.5 Å². The van der Waals surface area contributed by atoms with Crippen LogP contribution in [-0.2, 0) is 43.4 Å². The van der Waals surface area contributed by atoms with Crippen LogP contribution in [-0.4, -0.2) is 26.7 Å². The Morgan fingerprint density at radius 1 is 1.25 bits per heavy atom. The molecule has 0 spiro atoms. The number of carbonyl (C=O) groups excluding carboxylic acids is 1. The number of hydrogen-bond donors (Lipinski definition) is 1. The lowest BCUT2D eigenvalue weighted by Gasteiger charge is -2.25. The highest BCUT2D eigenvalue weighted by atomic mass is 16.1. The Balaban J connectivity index is 1.38. The number of aryl methyl sites for hydroxylation is 4. The number of fused-ring (bicyclic) bond motifs is 2. The molecule has 5 nitrogen and oxygen atoms in total. The van der Waals surface area contributed by atoms with E-state index in [0.717, 1.165) is 49.4 Å². The van der Waals surface area contributed by atoms with Gasteiger partial charge in [-0.1, -0.05) is 25.1 Å². The lowest BCUT2D eigenvalue weighted by Crippen LogP contribution is -2.42. The van der Waals surface area contributed by atoms with Crippen molar-refractivity contribution in [2.24, 2.45) is 0 Å². The largest absolute Gasteiger partial charge is 0.351 e. The van der Waals surface area contributed by atoms with Crippen LogP contribution in [0.15, 0.2) is 18.2 Å². The first-order valence-corrected chi connectivity index (χ1v) is 9.04.